The average molecular weight is 280 g/mol. The van der Waals surface area contributed by atoms with Gasteiger partial charge in [0.15, 0.2) is 0 Å². The number of thiol groups is 1. The van der Waals surface area contributed by atoms with Gasteiger partial charge in [-0.25, -0.2) is 0 Å². The Morgan fingerprint density at radius 1 is 1.29 bits per heavy atom. The summed E-state index contributed by atoms with van der Waals surface area (Å²) in [5.74, 6) is 0. The summed E-state index contributed by atoms with van der Waals surface area (Å²) >= 11 is 19.0. The van der Waals surface area contributed by atoms with E-state index < -0.39 is 21.7 Å². The largest absolute Gasteiger partial charge is 0.419 e. The van der Waals surface area contributed by atoms with Crippen LogP contribution in [0.5, 0.6) is 0 Å². The first-order valence-corrected chi connectivity index (χ1v) is 4.73. The Hall–Kier alpha value is 0.0900. The maximum absolute atomic E-state index is 12.4. The Labute approximate surface area is 97.6 Å². The van der Waals surface area contributed by atoms with Gasteiger partial charge in [0.1, 0.15) is 9.79 Å². The van der Waals surface area contributed by atoms with Crippen LogP contribution in [-0.4, -0.2) is 4.98 Å². The monoisotopic (exact) mass is 279 g/mol. The predicted molar refractivity (Wildman–Crippen MR) is 53.9 cm³/mol. The first-order chi connectivity index (χ1) is 6.25. The lowest BCUT2D eigenvalue weighted by Crippen LogP contribution is -2.08. The molecule has 0 aliphatic rings. The second-order valence-electron chi connectivity index (χ2n) is 2.30. The Morgan fingerprint density at radius 2 is 1.79 bits per heavy atom. The van der Waals surface area contributed by atoms with Crippen LogP contribution in [0.1, 0.15) is 5.56 Å². The highest BCUT2D eigenvalue weighted by Crippen LogP contribution is 2.41. The van der Waals surface area contributed by atoms with Crippen LogP contribution in [0.4, 0.5) is 13.2 Å². The van der Waals surface area contributed by atoms with E-state index in [0.29, 0.717) is 0 Å². The summed E-state index contributed by atoms with van der Waals surface area (Å²) in [4.78, 5) is 1.86. The number of alkyl halides is 3. The summed E-state index contributed by atoms with van der Waals surface area (Å²) in [6.45, 7) is 0. The molecular weight excluding hydrogens is 278 g/mol. The summed E-state index contributed by atoms with van der Waals surface area (Å²) in [5, 5.41) is -0.973. The zero-order chi connectivity index (χ0) is 11.1. The number of aromatic nitrogens is 1. The fourth-order valence-electron chi connectivity index (χ4n) is 0.800. The number of aromatic amines is 1. The third-order valence-electron chi connectivity index (χ3n) is 1.37. The minimum Gasteiger partial charge on any atom is -0.335 e. The highest BCUT2D eigenvalue weighted by molar-refractivity contribution is 7.81. The van der Waals surface area contributed by atoms with Crippen molar-refractivity contribution in [1.29, 1.82) is 0 Å². The van der Waals surface area contributed by atoms with E-state index in [1.165, 1.54) is 0 Å². The van der Waals surface area contributed by atoms with E-state index in [0.717, 1.165) is 0 Å². The van der Waals surface area contributed by atoms with E-state index in [-0.39, 0.29) is 9.79 Å². The molecule has 1 nitrogen and oxygen atoms in total. The molecule has 0 saturated heterocycles. The van der Waals surface area contributed by atoms with Gasteiger partial charge in [-0.15, -0.1) is 12.6 Å². The van der Waals surface area contributed by atoms with E-state index in [1.54, 1.807) is 0 Å². The molecule has 0 aliphatic heterocycles. The van der Waals surface area contributed by atoms with Gasteiger partial charge in [-0.3, -0.25) is 0 Å². The van der Waals surface area contributed by atoms with Crippen LogP contribution >= 0.6 is 48.0 Å². The van der Waals surface area contributed by atoms with Crippen molar-refractivity contribution in [3.05, 3.63) is 20.4 Å². The van der Waals surface area contributed by atoms with Crippen molar-refractivity contribution >= 4 is 48.0 Å². The first-order valence-electron chi connectivity index (χ1n) is 3.12. The summed E-state index contributed by atoms with van der Waals surface area (Å²) in [7, 11) is 0. The molecule has 1 aromatic rings. The molecule has 0 amide bonds. The van der Waals surface area contributed by atoms with Crippen molar-refractivity contribution in [3.8, 4) is 0 Å². The molecule has 1 N–H and O–H groups in total. The van der Waals surface area contributed by atoms with E-state index >= 15 is 0 Å². The average Bonchev–Trinajstić information content (AvgIpc) is 1.98. The Kier molecular flexibility index (Phi) is 3.41. The SMILES string of the molecule is FC(F)(F)c1c(Cl)c(Cl)[nH]c(=S)c1S. The summed E-state index contributed by atoms with van der Waals surface area (Å²) < 4.78 is 37.1. The maximum Gasteiger partial charge on any atom is 0.419 e. The number of hydrogen-bond donors (Lipinski definition) is 2. The molecule has 0 radical (unpaired) electrons. The molecule has 0 aromatic carbocycles. The number of nitrogens with one attached hydrogen (secondary N) is 1. The lowest BCUT2D eigenvalue weighted by atomic mass is 10.2. The van der Waals surface area contributed by atoms with E-state index in [9.17, 15) is 13.2 Å². The van der Waals surface area contributed by atoms with Crippen molar-refractivity contribution in [3.63, 3.8) is 0 Å². The Morgan fingerprint density at radius 3 is 2.21 bits per heavy atom. The van der Waals surface area contributed by atoms with Crippen LogP contribution < -0.4 is 0 Å². The van der Waals surface area contributed by atoms with Crippen LogP contribution in [0, 0.1) is 4.64 Å². The number of pyridine rings is 1. The summed E-state index contributed by atoms with van der Waals surface area (Å²) in [6.07, 6.45) is -4.62. The molecule has 78 valence electrons. The van der Waals surface area contributed by atoms with Gasteiger partial charge in [0, 0.05) is 0 Å². The predicted octanol–water partition coefficient (Wildman–Crippen LogP) is 4.36. The van der Waals surface area contributed by atoms with Crippen LogP contribution in [0.15, 0.2) is 4.90 Å². The quantitative estimate of drug-likeness (QED) is 0.410. The third kappa shape index (κ3) is 2.18. The van der Waals surface area contributed by atoms with Gasteiger partial charge < -0.3 is 4.98 Å². The third-order valence-corrected chi connectivity index (χ3v) is 3.03. The summed E-state index contributed by atoms with van der Waals surface area (Å²) in [6, 6.07) is 0. The zero-order valence-electron chi connectivity index (χ0n) is 6.25. The highest BCUT2D eigenvalue weighted by Gasteiger charge is 2.37. The molecule has 0 unspecified atom stereocenters. The number of rotatable bonds is 0. The smallest absolute Gasteiger partial charge is 0.335 e. The van der Waals surface area contributed by atoms with Crippen LogP contribution in [0.25, 0.3) is 0 Å². The van der Waals surface area contributed by atoms with Crippen molar-refractivity contribution in [2.24, 2.45) is 0 Å². The van der Waals surface area contributed by atoms with Gasteiger partial charge in [-0.05, 0) is 0 Å². The van der Waals surface area contributed by atoms with Crippen LogP contribution in [0.3, 0.4) is 0 Å². The van der Waals surface area contributed by atoms with Gasteiger partial charge >= 0.3 is 6.18 Å². The fourth-order valence-corrected chi connectivity index (χ4v) is 1.86. The molecule has 14 heavy (non-hydrogen) atoms. The summed E-state index contributed by atoms with van der Waals surface area (Å²) in [5.41, 5.74) is -1.11. The maximum atomic E-state index is 12.4. The van der Waals surface area contributed by atoms with Crippen molar-refractivity contribution in [2.75, 3.05) is 0 Å². The molecular formula is C6H2Cl2F3NS2. The van der Waals surface area contributed by atoms with Gasteiger partial charge in [0.2, 0.25) is 0 Å². The molecule has 0 aliphatic carbocycles. The minimum absolute atomic E-state index is 0.199. The zero-order valence-corrected chi connectivity index (χ0v) is 9.47. The van der Waals surface area contributed by atoms with Gasteiger partial charge in [-0.1, -0.05) is 35.4 Å². The fraction of sp³-hybridized carbons (Fsp3) is 0.167. The van der Waals surface area contributed by atoms with E-state index in [1.807, 2.05) is 0 Å². The molecule has 0 fully saturated rings. The minimum atomic E-state index is -4.62. The second-order valence-corrected chi connectivity index (χ2v) is 3.91. The van der Waals surface area contributed by atoms with Crippen LogP contribution in [0.2, 0.25) is 10.2 Å². The highest BCUT2D eigenvalue weighted by atomic mass is 35.5. The van der Waals surface area contributed by atoms with Gasteiger partial charge in [-0.2, -0.15) is 13.2 Å². The molecule has 0 spiro atoms. The normalized spacial score (nSPS) is 11.9. The molecule has 1 aromatic heterocycles. The van der Waals surface area contributed by atoms with E-state index in [2.05, 4.69) is 29.8 Å². The second kappa shape index (κ2) is 3.92. The molecule has 1 heterocycles. The standard InChI is InChI=1S/C6H2Cl2F3NS2/c7-2-1(6(9,10)11)3(13)5(14)12-4(2)8/h13H,(H,12,14). The van der Waals surface area contributed by atoms with Crippen molar-refractivity contribution in [2.45, 2.75) is 11.1 Å². The van der Waals surface area contributed by atoms with Crippen molar-refractivity contribution in [1.82, 2.24) is 4.98 Å². The number of hydrogen-bond acceptors (Lipinski definition) is 2. The molecule has 8 heteroatoms. The first kappa shape index (κ1) is 12.2. The molecule has 0 bridgehead atoms. The topological polar surface area (TPSA) is 15.8 Å². The number of halogens is 5. The molecule has 0 saturated carbocycles. The lowest BCUT2D eigenvalue weighted by Gasteiger charge is -2.12. The van der Waals surface area contributed by atoms with Crippen molar-refractivity contribution < 1.29 is 13.2 Å². The van der Waals surface area contributed by atoms with Gasteiger partial charge in [0.25, 0.3) is 0 Å². The number of H-pyrrole nitrogens is 1. The lowest BCUT2D eigenvalue weighted by molar-refractivity contribution is -0.139. The Bertz CT molecular complexity index is 426. The molecule has 1 rings (SSSR count). The van der Waals surface area contributed by atoms with Gasteiger partial charge in [0.05, 0.1) is 15.5 Å². The van der Waals surface area contributed by atoms with Crippen LogP contribution in [-0.2, 0) is 6.18 Å². The Balaban J connectivity index is 3.65. The molecule has 0 atom stereocenters. The van der Waals surface area contributed by atoms with E-state index in [4.69, 9.17) is 23.2 Å².